The van der Waals surface area contributed by atoms with Crippen LogP contribution >= 0.6 is 22.7 Å². The first-order valence-electron chi connectivity index (χ1n) is 7.94. The molecule has 0 unspecified atom stereocenters. The molecule has 1 aliphatic rings. The predicted octanol–water partition coefficient (Wildman–Crippen LogP) is 3.20. The minimum absolute atomic E-state index is 0.0445. The van der Waals surface area contributed by atoms with Gasteiger partial charge in [-0.05, 0) is 11.4 Å². The summed E-state index contributed by atoms with van der Waals surface area (Å²) in [6.45, 7) is 8.07. The van der Waals surface area contributed by atoms with E-state index in [2.05, 4.69) is 4.98 Å². The van der Waals surface area contributed by atoms with E-state index in [1.807, 2.05) is 48.6 Å². The fourth-order valence-electron chi connectivity index (χ4n) is 2.63. The summed E-state index contributed by atoms with van der Waals surface area (Å²) >= 11 is 3.12. The Bertz CT molecular complexity index is 723. The smallest absolute Gasteiger partial charge is 0.273 e. The van der Waals surface area contributed by atoms with Crippen molar-refractivity contribution in [3.63, 3.8) is 0 Å². The molecule has 0 atom stereocenters. The maximum Gasteiger partial charge on any atom is 0.273 e. The van der Waals surface area contributed by atoms with Crippen LogP contribution in [0.5, 0.6) is 0 Å². The van der Waals surface area contributed by atoms with Crippen molar-refractivity contribution >= 4 is 34.5 Å². The number of thiazole rings is 1. The standard InChI is InChI=1S/C17H21N3O2S2/c1-17(2,3)16(22)20-8-6-19(7-9-20)15(21)12-11-24-14(18-12)13-5-4-10-23-13/h4-5,10-11H,6-9H2,1-3H3. The summed E-state index contributed by atoms with van der Waals surface area (Å²) in [5.74, 6) is 0.0974. The molecule has 2 amide bonds. The van der Waals surface area contributed by atoms with E-state index in [0.717, 1.165) is 9.88 Å². The highest BCUT2D eigenvalue weighted by molar-refractivity contribution is 7.20. The fourth-order valence-corrected chi connectivity index (χ4v) is 4.24. The van der Waals surface area contributed by atoms with Crippen LogP contribution in [0.3, 0.4) is 0 Å². The van der Waals surface area contributed by atoms with Crippen LogP contribution in [0.25, 0.3) is 9.88 Å². The Morgan fingerprint density at radius 3 is 2.33 bits per heavy atom. The zero-order valence-corrected chi connectivity index (χ0v) is 15.7. The number of hydrogen-bond acceptors (Lipinski definition) is 5. The zero-order chi connectivity index (χ0) is 17.3. The number of aromatic nitrogens is 1. The number of thiophene rings is 1. The molecule has 0 aliphatic carbocycles. The zero-order valence-electron chi connectivity index (χ0n) is 14.1. The van der Waals surface area contributed by atoms with Gasteiger partial charge in [0.2, 0.25) is 5.91 Å². The van der Waals surface area contributed by atoms with Crippen molar-refractivity contribution in [1.82, 2.24) is 14.8 Å². The molecule has 128 valence electrons. The Labute approximate surface area is 149 Å². The summed E-state index contributed by atoms with van der Waals surface area (Å²) in [7, 11) is 0. The number of rotatable bonds is 2. The molecule has 2 aromatic rings. The summed E-state index contributed by atoms with van der Waals surface area (Å²) < 4.78 is 0. The van der Waals surface area contributed by atoms with Crippen LogP contribution in [0.2, 0.25) is 0 Å². The number of carbonyl (C=O) groups excluding carboxylic acids is 2. The van der Waals surface area contributed by atoms with E-state index < -0.39 is 0 Å². The van der Waals surface area contributed by atoms with Crippen LogP contribution in [-0.4, -0.2) is 52.8 Å². The first-order valence-corrected chi connectivity index (χ1v) is 9.70. The normalized spacial score (nSPS) is 15.6. The van der Waals surface area contributed by atoms with Crippen molar-refractivity contribution in [1.29, 1.82) is 0 Å². The molecular weight excluding hydrogens is 342 g/mol. The Morgan fingerprint density at radius 1 is 1.08 bits per heavy atom. The van der Waals surface area contributed by atoms with E-state index >= 15 is 0 Å². The highest BCUT2D eigenvalue weighted by atomic mass is 32.1. The summed E-state index contributed by atoms with van der Waals surface area (Å²) in [6.07, 6.45) is 0. The third kappa shape index (κ3) is 3.52. The molecule has 5 nitrogen and oxygen atoms in total. The van der Waals surface area contributed by atoms with Gasteiger partial charge in [0.15, 0.2) is 0 Å². The number of nitrogens with zero attached hydrogens (tertiary/aromatic N) is 3. The molecule has 24 heavy (non-hydrogen) atoms. The average Bonchev–Trinajstić information content (AvgIpc) is 3.23. The summed E-state index contributed by atoms with van der Waals surface area (Å²) in [5.41, 5.74) is 0.121. The van der Waals surface area contributed by atoms with Gasteiger partial charge in [0.25, 0.3) is 5.91 Å². The van der Waals surface area contributed by atoms with Crippen molar-refractivity contribution < 1.29 is 9.59 Å². The second-order valence-electron chi connectivity index (χ2n) is 6.85. The van der Waals surface area contributed by atoms with Crippen LogP contribution in [-0.2, 0) is 4.79 Å². The van der Waals surface area contributed by atoms with Crippen molar-refractivity contribution in [2.75, 3.05) is 26.2 Å². The van der Waals surface area contributed by atoms with Gasteiger partial charge in [-0.25, -0.2) is 4.98 Å². The van der Waals surface area contributed by atoms with Gasteiger partial charge in [-0.1, -0.05) is 26.8 Å². The van der Waals surface area contributed by atoms with Crippen LogP contribution in [0.15, 0.2) is 22.9 Å². The van der Waals surface area contributed by atoms with Crippen LogP contribution in [0.4, 0.5) is 0 Å². The topological polar surface area (TPSA) is 53.5 Å². The maximum atomic E-state index is 12.6. The van der Waals surface area contributed by atoms with E-state index in [9.17, 15) is 9.59 Å². The van der Waals surface area contributed by atoms with E-state index in [1.165, 1.54) is 11.3 Å². The van der Waals surface area contributed by atoms with Crippen molar-refractivity contribution in [2.24, 2.45) is 5.41 Å². The molecule has 3 heterocycles. The molecule has 0 bridgehead atoms. The second-order valence-corrected chi connectivity index (χ2v) is 8.66. The number of piperazine rings is 1. The van der Waals surface area contributed by atoms with Gasteiger partial charge >= 0.3 is 0 Å². The first-order chi connectivity index (χ1) is 11.4. The molecule has 0 spiro atoms. The Morgan fingerprint density at radius 2 is 1.75 bits per heavy atom. The van der Waals surface area contributed by atoms with Crippen LogP contribution in [0.1, 0.15) is 31.3 Å². The van der Waals surface area contributed by atoms with Crippen molar-refractivity contribution in [3.8, 4) is 9.88 Å². The molecular formula is C17H21N3O2S2. The van der Waals surface area contributed by atoms with E-state index in [1.54, 1.807) is 16.2 Å². The van der Waals surface area contributed by atoms with Gasteiger partial charge in [-0.15, -0.1) is 22.7 Å². The fraction of sp³-hybridized carbons (Fsp3) is 0.471. The number of amides is 2. The molecule has 0 N–H and O–H groups in total. The molecule has 0 radical (unpaired) electrons. The van der Waals surface area contributed by atoms with Gasteiger partial charge in [0.05, 0.1) is 4.88 Å². The average molecular weight is 364 g/mol. The van der Waals surface area contributed by atoms with E-state index in [-0.39, 0.29) is 17.2 Å². The Hall–Kier alpha value is -1.73. The maximum absolute atomic E-state index is 12.6. The van der Waals surface area contributed by atoms with Gasteiger partial charge in [0, 0.05) is 37.0 Å². The van der Waals surface area contributed by atoms with E-state index in [4.69, 9.17) is 0 Å². The number of hydrogen-bond donors (Lipinski definition) is 0. The Balaban J connectivity index is 1.63. The second kappa shape index (κ2) is 6.64. The Kier molecular flexibility index (Phi) is 4.73. The number of carbonyl (C=O) groups is 2. The molecule has 1 fully saturated rings. The highest BCUT2D eigenvalue weighted by Gasteiger charge is 2.31. The lowest BCUT2D eigenvalue weighted by Crippen LogP contribution is -2.53. The summed E-state index contributed by atoms with van der Waals surface area (Å²) in [4.78, 5) is 34.1. The molecule has 7 heteroatoms. The quantitative estimate of drug-likeness (QED) is 0.823. The lowest BCUT2D eigenvalue weighted by Gasteiger charge is -2.37. The summed E-state index contributed by atoms with van der Waals surface area (Å²) in [6, 6.07) is 3.99. The molecule has 1 aliphatic heterocycles. The van der Waals surface area contributed by atoms with Gasteiger partial charge in [0.1, 0.15) is 10.7 Å². The van der Waals surface area contributed by atoms with Crippen molar-refractivity contribution in [3.05, 3.63) is 28.6 Å². The molecule has 1 saturated heterocycles. The molecule has 2 aromatic heterocycles. The lowest BCUT2D eigenvalue weighted by molar-refractivity contribution is -0.140. The molecule has 0 aromatic carbocycles. The van der Waals surface area contributed by atoms with Gasteiger partial charge < -0.3 is 9.80 Å². The predicted molar refractivity (Wildman–Crippen MR) is 97.4 cm³/mol. The minimum atomic E-state index is -0.378. The van der Waals surface area contributed by atoms with Gasteiger partial charge in [-0.3, -0.25) is 9.59 Å². The largest absolute Gasteiger partial charge is 0.339 e. The first kappa shape index (κ1) is 17.1. The minimum Gasteiger partial charge on any atom is -0.339 e. The lowest BCUT2D eigenvalue weighted by atomic mass is 9.94. The summed E-state index contributed by atoms with van der Waals surface area (Å²) in [5, 5.41) is 4.71. The SMILES string of the molecule is CC(C)(C)C(=O)N1CCN(C(=O)c2csc(-c3cccs3)n2)CC1. The van der Waals surface area contributed by atoms with Crippen LogP contribution in [0, 0.1) is 5.41 Å². The van der Waals surface area contributed by atoms with Gasteiger partial charge in [-0.2, -0.15) is 0 Å². The van der Waals surface area contributed by atoms with Crippen LogP contribution < -0.4 is 0 Å². The third-order valence-electron chi connectivity index (χ3n) is 3.95. The van der Waals surface area contributed by atoms with Crippen molar-refractivity contribution in [2.45, 2.75) is 20.8 Å². The third-order valence-corrected chi connectivity index (χ3v) is 5.83. The highest BCUT2D eigenvalue weighted by Crippen LogP contribution is 2.28. The molecule has 0 saturated carbocycles. The monoisotopic (exact) mass is 363 g/mol. The van der Waals surface area contributed by atoms with E-state index in [0.29, 0.717) is 31.9 Å². The molecule has 3 rings (SSSR count).